The van der Waals surface area contributed by atoms with Crippen LogP contribution in [0.1, 0.15) is 60.1 Å². The van der Waals surface area contributed by atoms with E-state index in [0.717, 1.165) is 54.9 Å². The molecule has 0 radical (unpaired) electrons. The number of ether oxygens (including phenoxy) is 1. The number of fused-ring (bicyclic) bond motifs is 2. The lowest BCUT2D eigenvalue weighted by molar-refractivity contribution is 0.101. The summed E-state index contributed by atoms with van der Waals surface area (Å²) in [6.07, 6.45) is 8.57. The molecule has 0 aromatic carbocycles. The fourth-order valence-electron chi connectivity index (χ4n) is 5.46. The highest BCUT2D eigenvalue weighted by Gasteiger charge is 2.29. The molecular formula is C27H31N5O2. The Bertz CT molecular complexity index is 1410. The highest BCUT2D eigenvalue weighted by molar-refractivity contribution is 5.95. The lowest BCUT2D eigenvalue weighted by Gasteiger charge is -2.23. The van der Waals surface area contributed by atoms with E-state index in [-0.39, 0.29) is 5.78 Å². The summed E-state index contributed by atoms with van der Waals surface area (Å²) in [5, 5.41) is 9.70. The topological polar surface area (TPSA) is 73.4 Å². The van der Waals surface area contributed by atoms with Gasteiger partial charge in [0.2, 0.25) is 0 Å². The van der Waals surface area contributed by atoms with Crippen LogP contribution < -0.4 is 10.1 Å². The van der Waals surface area contributed by atoms with Crippen molar-refractivity contribution in [2.24, 2.45) is 5.92 Å². The van der Waals surface area contributed by atoms with Crippen molar-refractivity contribution in [3.63, 3.8) is 0 Å². The second-order valence-electron chi connectivity index (χ2n) is 9.86. The molecule has 1 saturated carbocycles. The van der Waals surface area contributed by atoms with Crippen molar-refractivity contribution >= 4 is 22.2 Å². The van der Waals surface area contributed by atoms with Gasteiger partial charge >= 0.3 is 0 Å². The van der Waals surface area contributed by atoms with Crippen molar-refractivity contribution in [3.8, 4) is 17.1 Å². The molecule has 176 valence electrons. The van der Waals surface area contributed by atoms with Gasteiger partial charge in [-0.25, -0.2) is 4.52 Å². The van der Waals surface area contributed by atoms with Crippen molar-refractivity contribution in [1.82, 2.24) is 24.5 Å². The van der Waals surface area contributed by atoms with Gasteiger partial charge < -0.3 is 14.6 Å². The molecule has 0 spiro atoms. The van der Waals surface area contributed by atoms with Crippen molar-refractivity contribution in [3.05, 3.63) is 47.4 Å². The third kappa shape index (κ3) is 3.50. The van der Waals surface area contributed by atoms with Gasteiger partial charge in [-0.2, -0.15) is 5.10 Å². The molecule has 7 heteroatoms. The van der Waals surface area contributed by atoms with Gasteiger partial charge in [0, 0.05) is 41.4 Å². The van der Waals surface area contributed by atoms with E-state index in [9.17, 15) is 4.79 Å². The monoisotopic (exact) mass is 457 g/mol. The minimum atomic E-state index is -0.00422. The summed E-state index contributed by atoms with van der Waals surface area (Å²) in [6.45, 7) is 6.75. The molecule has 4 aromatic heterocycles. The smallest absolute Gasteiger partial charge is 0.161 e. The first-order valence-corrected chi connectivity index (χ1v) is 12.3. The highest BCUT2D eigenvalue weighted by atomic mass is 16.5. The lowest BCUT2D eigenvalue weighted by Crippen LogP contribution is -2.27. The first-order chi connectivity index (χ1) is 16.5. The molecule has 0 atom stereocenters. The highest BCUT2D eigenvalue weighted by Crippen LogP contribution is 2.40. The summed E-state index contributed by atoms with van der Waals surface area (Å²) in [7, 11) is 1.65. The molecule has 0 bridgehead atoms. The van der Waals surface area contributed by atoms with Gasteiger partial charge in [-0.15, -0.1) is 0 Å². The van der Waals surface area contributed by atoms with Gasteiger partial charge in [0.25, 0.3) is 0 Å². The molecule has 5 heterocycles. The fourth-order valence-corrected chi connectivity index (χ4v) is 5.46. The molecule has 2 fully saturated rings. The number of nitrogens with one attached hydrogen (secondary N) is 1. The third-order valence-electron chi connectivity index (χ3n) is 7.50. The molecule has 0 unspecified atom stereocenters. The zero-order chi connectivity index (χ0) is 23.4. The van der Waals surface area contributed by atoms with E-state index >= 15 is 0 Å². The molecule has 34 heavy (non-hydrogen) atoms. The van der Waals surface area contributed by atoms with E-state index < -0.39 is 0 Å². The number of methoxy groups -OCH3 is 1. The summed E-state index contributed by atoms with van der Waals surface area (Å²) in [5.74, 6) is 1.86. The Hall–Kier alpha value is -3.19. The summed E-state index contributed by atoms with van der Waals surface area (Å²) >= 11 is 0. The van der Waals surface area contributed by atoms with Crippen LogP contribution >= 0.6 is 0 Å². The average Bonchev–Trinajstić information content (AvgIpc) is 3.52. The minimum Gasteiger partial charge on any atom is -0.494 e. The van der Waals surface area contributed by atoms with Gasteiger partial charge in [-0.1, -0.05) is 0 Å². The molecule has 0 amide bonds. The zero-order valence-electron chi connectivity index (χ0n) is 20.1. The molecule has 1 N–H and O–H groups in total. The van der Waals surface area contributed by atoms with Crippen LogP contribution in [0.5, 0.6) is 5.75 Å². The van der Waals surface area contributed by atoms with Crippen LogP contribution in [-0.4, -0.2) is 45.1 Å². The van der Waals surface area contributed by atoms with Crippen molar-refractivity contribution in [2.75, 3.05) is 20.2 Å². The van der Waals surface area contributed by atoms with Crippen LogP contribution in [0.4, 0.5) is 0 Å². The minimum absolute atomic E-state index is 0.00422. The maximum absolute atomic E-state index is 12.1. The molecular weight excluding hydrogens is 426 g/mol. The van der Waals surface area contributed by atoms with Crippen LogP contribution in [-0.2, 0) is 6.54 Å². The third-order valence-corrected chi connectivity index (χ3v) is 7.50. The average molecular weight is 458 g/mol. The SMILES string of the molecule is COc1cc(C(C)=O)cn2nc(-c3cc4ccnc(C5CCNCC5)c4n3CC3CC3)c(C)c12. The Balaban J connectivity index is 1.58. The van der Waals surface area contributed by atoms with Crippen molar-refractivity contribution < 1.29 is 9.53 Å². The number of aromatic nitrogens is 4. The number of nitrogens with zero attached hydrogens (tertiary/aromatic N) is 4. The Labute approximate surface area is 199 Å². The summed E-state index contributed by atoms with van der Waals surface area (Å²) in [6, 6.07) is 6.22. The number of carbonyl (C=O) groups excluding carboxylic acids is 1. The molecule has 6 rings (SSSR count). The number of aryl methyl sites for hydroxylation is 1. The Kier molecular flexibility index (Phi) is 5.17. The van der Waals surface area contributed by atoms with E-state index in [1.54, 1.807) is 14.0 Å². The number of carbonyl (C=O) groups is 1. The van der Waals surface area contributed by atoms with Gasteiger partial charge in [0.05, 0.1) is 24.0 Å². The number of hydrogen-bond acceptors (Lipinski definition) is 5. The van der Waals surface area contributed by atoms with Crippen LogP contribution in [0.2, 0.25) is 0 Å². The number of piperidine rings is 1. The van der Waals surface area contributed by atoms with Gasteiger partial charge in [0.1, 0.15) is 17.0 Å². The molecule has 1 aliphatic heterocycles. The van der Waals surface area contributed by atoms with E-state index in [0.29, 0.717) is 23.1 Å². The molecule has 4 aromatic rings. The molecule has 1 saturated heterocycles. The summed E-state index contributed by atoms with van der Waals surface area (Å²) < 4.78 is 9.96. The number of ketones is 1. The number of rotatable bonds is 6. The maximum atomic E-state index is 12.1. The predicted molar refractivity (Wildman–Crippen MR) is 133 cm³/mol. The Morgan fingerprint density at radius 3 is 2.68 bits per heavy atom. The predicted octanol–water partition coefficient (Wildman–Crippen LogP) is 4.75. The quantitative estimate of drug-likeness (QED) is 0.423. The zero-order valence-corrected chi connectivity index (χ0v) is 20.1. The normalized spacial score (nSPS) is 17.0. The van der Waals surface area contributed by atoms with Crippen LogP contribution in [0.25, 0.3) is 27.8 Å². The molecule has 1 aliphatic carbocycles. The van der Waals surface area contributed by atoms with Gasteiger partial charge in [-0.3, -0.25) is 9.78 Å². The largest absolute Gasteiger partial charge is 0.494 e. The second kappa shape index (κ2) is 8.24. The standard InChI is InChI=1S/C27H31N5O2/c1-16-24(30-32-15-21(17(2)33)13-23(34-3)26(16)32)22-12-20-8-11-29-25(19-6-9-28-10-7-19)27(20)31(22)14-18-4-5-18/h8,11-13,15,18-19,28H,4-7,9-10,14H2,1-3H3. The van der Waals surface area contributed by atoms with Crippen molar-refractivity contribution in [2.45, 2.75) is 52.0 Å². The Morgan fingerprint density at radius 2 is 1.97 bits per heavy atom. The van der Waals surface area contributed by atoms with Crippen LogP contribution in [0.15, 0.2) is 30.6 Å². The summed E-state index contributed by atoms with van der Waals surface area (Å²) in [5.41, 5.74) is 7.11. The first-order valence-electron chi connectivity index (χ1n) is 12.3. The lowest BCUT2D eigenvalue weighted by atomic mass is 9.93. The molecule has 7 nitrogen and oxygen atoms in total. The van der Waals surface area contributed by atoms with Gasteiger partial charge in [-0.05, 0) is 76.7 Å². The number of pyridine rings is 2. The van der Waals surface area contributed by atoms with E-state index in [1.165, 1.54) is 29.4 Å². The van der Waals surface area contributed by atoms with Crippen LogP contribution in [0.3, 0.4) is 0 Å². The first kappa shape index (κ1) is 21.4. The number of Topliss-reactive ketones (excluding diaryl/α,β-unsaturated/α-hetero) is 1. The summed E-state index contributed by atoms with van der Waals surface area (Å²) in [4.78, 5) is 17.0. The maximum Gasteiger partial charge on any atom is 0.161 e. The molecule has 2 aliphatic rings. The fraction of sp³-hybridized carbons (Fsp3) is 0.444. The van der Waals surface area contributed by atoms with Gasteiger partial charge in [0.15, 0.2) is 5.78 Å². The Morgan fingerprint density at radius 1 is 1.18 bits per heavy atom. The van der Waals surface area contributed by atoms with E-state index in [4.69, 9.17) is 14.8 Å². The van der Waals surface area contributed by atoms with E-state index in [1.807, 2.05) is 23.0 Å². The van der Waals surface area contributed by atoms with E-state index in [2.05, 4.69) is 28.9 Å². The number of hydrogen-bond donors (Lipinski definition) is 1. The van der Waals surface area contributed by atoms with Crippen LogP contribution in [0, 0.1) is 12.8 Å². The second-order valence-corrected chi connectivity index (χ2v) is 9.86. The van der Waals surface area contributed by atoms with Crippen molar-refractivity contribution in [1.29, 1.82) is 0 Å².